The van der Waals surface area contributed by atoms with Crippen molar-refractivity contribution in [1.82, 2.24) is 24.9 Å². The monoisotopic (exact) mass is 435 g/mol. The van der Waals surface area contributed by atoms with E-state index in [0.717, 1.165) is 22.0 Å². The van der Waals surface area contributed by atoms with Gasteiger partial charge in [0.15, 0.2) is 23.0 Å². The summed E-state index contributed by atoms with van der Waals surface area (Å²) in [7, 11) is 0. The van der Waals surface area contributed by atoms with E-state index >= 15 is 0 Å². The van der Waals surface area contributed by atoms with Gasteiger partial charge in [0.05, 0.1) is 6.04 Å². The van der Waals surface area contributed by atoms with Crippen LogP contribution in [0.3, 0.4) is 0 Å². The second kappa shape index (κ2) is 7.99. The highest BCUT2D eigenvalue weighted by Crippen LogP contribution is 2.35. The Morgan fingerprint density at radius 3 is 2.81 bits per heavy atom. The Bertz CT molecular complexity index is 1250. The molecule has 0 saturated carbocycles. The van der Waals surface area contributed by atoms with Crippen LogP contribution in [0.5, 0.6) is 11.5 Å². The number of thiazole rings is 1. The first kappa shape index (κ1) is 19.5. The van der Waals surface area contributed by atoms with Crippen molar-refractivity contribution >= 4 is 22.9 Å². The van der Waals surface area contributed by atoms with E-state index in [1.165, 1.54) is 11.3 Å². The first-order valence-electron chi connectivity index (χ1n) is 10.1. The van der Waals surface area contributed by atoms with Crippen LogP contribution in [0.4, 0.5) is 0 Å². The molecule has 8 nitrogen and oxygen atoms in total. The van der Waals surface area contributed by atoms with Crippen molar-refractivity contribution in [3.05, 3.63) is 59.5 Å². The summed E-state index contributed by atoms with van der Waals surface area (Å²) >= 11 is 1.42. The zero-order valence-corrected chi connectivity index (χ0v) is 17.9. The molecular formula is C22H21N5O3S. The molecule has 0 spiro atoms. The van der Waals surface area contributed by atoms with Crippen LogP contribution in [0.1, 0.15) is 36.2 Å². The first-order chi connectivity index (χ1) is 15.1. The van der Waals surface area contributed by atoms with Crippen molar-refractivity contribution in [2.45, 2.75) is 19.9 Å². The third-order valence-corrected chi connectivity index (χ3v) is 5.99. The topological polar surface area (TPSA) is 90.6 Å². The fourth-order valence-corrected chi connectivity index (χ4v) is 4.30. The number of aromatic nitrogens is 4. The molecular weight excluding hydrogens is 414 g/mol. The maximum Gasteiger partial charge on any atom is 0.271 e. The van der Waals surface area contributed by atoms with Gasteiger partial charge in [-0.25, -0.2) is 4.98 Å². The molecule has 1 amide bonds. The number of carbonyl (C=O) groups is 1. The Morgan fingerprint density at radius 1 is 1.13 bits per heavy atom. The highest BCUT2D eigenvalue weighted by atomic mass is 32.1. The van der Waals surface area contributed by atoms with Gasteiger partial charge in [0.1, 0.15) is 23.9 Å². The molecule has 0 radical (unpaired) electrons. The summed E-state index contributed by atoms with van der Waals surface area (Å²) in [4.78, 5) is 17.6. The average molecular weight is 436 g/mol. The van der Waals surface area contributed by atoms with Gasteiger partial charge in [-0.3, -0.25) is 9.20 Å². The molecule has 1 N–H and O–H groups in total. The summed E-state index contributed by atoms with van der Waals surface area (Å²) in [5, 5.41) is 14.1. The lowest BCUT2D eigenvalue weighted by atomic mass is 10.0. The van der Waals surface area contributed by atoms with Gasteiger partial charge in [-0.05, 0) is 36.2 Å². The summed E-state index contributed by atoms with van der Waals surface area (Å²) < 4.78 is 13.1. The van der Waals surface area contributed by atoms with Crippen LogP contribution < -0.4 is 14.8 Å². The molecule has 4 heterocycles. The lowest BCUT2D eigenvalue weighted by Crippen LogP contribution is -2.33. The number of amides is 1. The fraction of sp³-hybridized carbons (Fsp3) is 0.273. The zero-order chi connectivity index (χ0) is 21.4. The van der Waals surface area contributed by atoms with Crippen LogP contribution >= 0.6 is 11.3 Å². The standard InChI is InChI=1S/C22H21N5O3S/c1-13(2)19(20-26-25-18-5-3-4-8-27(18)20)24-21(28)15-12-31-22(23-15)14-6-7-16-17(11-14)30-10-9-29-16/h3-8,11-13,19H,9-10H2,1-2H3,(H,24,28). The Hall–Kier alpha value is -3.46. The second-order valence-electron chi connectivity index (χ2n) is 7.58. The molecule has 9 heteroatoms. The highest BCUT2D eigenvalue weighted by Gasteiger charge is 2.25. The predicted molar refractivity (Wildman–Crippen MR) is 117 cm³/mol. The number of benzene rings is 1. The summed E-state index contributed by atoms with van der Waals surface area (Å²) in [6.45, 7) is 5.15. The number of nitrogens with zero attached hydrogens (tertiary/aromatic N) is 4. The smallest absolute Gasteiger partial charge is 0.271 e. The third kappa shape index (κ3) is 3.72. The molecule has 0 aliphatic carbocycles. The molecule has 158 valence electrons. The van der Waals surface area contributed by atoms with E-state index in [1.807, 2.05) is 60.8 Å². The van der Waals surface area contributed by atoms with Gasteiger partial charge in [0.2, 0.25) is 0 Å². The zero-order valence-electron chi connectivity index (χ0n) is 17.1. The normalized spacial score (nSPS) is 14.0. The van der Waals surface area contributed by atoms with E-state index in [4.69, 9.17) is 9.47 Å². The SMILES string of the molecule is CC(C)C(NC(=O)c1csc(-c2ccc3c(c2)OCCO3)n1)c1nnc2ccccn12. The van der Waals surface area contributed by atoms with Crippen molar-refractivity contribution < 1.29 is 14.3 Å². The average Bonchev–Trinajstić information content (AvgIpc) is 3.45. The van der Waals surface area contributed by atoms with Gasteiger partial charge in [-0.2, -0.15) is 0 Å². The van der Waals surface area contributed by atoms with E-state index in [-0.39, 0.29) is 17.9 Å². The Kier molecular flexibility index (Phi) is 5.03. The Labute approximate surface area is 182 Å². The van der Waals surface area contributed by atoms with Crippen molar-refractivity contribution in [1.29, 1.82) is 0 Å². The van der Waals surface area contributed by atoms with E-state index in [9.17, 15) is 4.79 Å². The van der Waals surface area contributed by atoms with Crippen molar-refractivity contribution in [3.63, 3.8) is 0 Å². The summed E-state index contributed by atoms with van der Waals surface area (Å²) in [6.07, 6.45) is 1.90. The summed E-state index contributed by atoms with van der Waals surface area (Å²) in [5.41, 5.74) is 2.00. The van der Waals surface area contributed by atoms with Gasteiger partial charge < -0.3 is 14.8 Å². The van der Waals surface area contributed by atoms with Gasteiger partial charge in [-0.15, -0.1) is 21.5 Å². The van der Waals surface area contributed by atoms with E-state index in [0.29, 0.717) is 30.5 Å². The van der Waals surface area contributed by atoms with Gasteiger partial charge in [-0.1, -0.05) is 19.9 Å². The molecule has 1 unspecified atom stereocenters. The number of hydrogen-bond donors (Lipinski definition) is 1. The number of pyridine rings is 1. The van der Waals surface area contributed by atoms with Crippen LogP contribution in [0.2, 0.25) is 0 Å². The number of rotatable bonds is 5. The molecule has 0 bridgehead atoms. The Morgan fingerprint density at radius 2 is 1.97 bits per heavy atom. The number of ether oxygens (including phenoxy) is 2. The molecule has 1 aliphatic rings. The van der Waals surface area contributed by atoms with Crippen LogP contribution in [-0.2, 0) is 0 Å². The maximum absolute atomic E-state index is 13.0. The molecule has 5 rings (SSSR count). The Balaban J connectivity index is 1.38. The lowest BCUT2D eigenvalue weighted by molar-refractivity contribution is 0.0918. The number of hydrogen-bond acceptors (Lipinski definition) is 7. The lowest BCUT2D eigenvalue weighted by Gasteiger charge is -2.20. The minimum Gasteiger partial charge on any atom is -0.486 e. The van der Waals surface area contributed by atoms with Crippen LogP contribution in [0.15, 0.2) is 48.0 Å². The van der Waals surface area contributed by atoms with Gasteiger partial charge in [0, 0.05) is 17.1 Å². The fourth-order valence-electron chi connectivity index (χ4n) is 3.50. The molecule has 0 fully saturated rings. The number of carbonyl (C=O) groups excluding carboxylic acids is 1. The molecule has 3 aromatic heterocycles. The van der Waals surface area contributed by atoms with Crippen LogP contribution in [-0.4, -0.2) is 38.7 Å². The quantitative estimate of drug-likeness (QED) is 0.513. The first-order valence-corrected chi connectivity index (χ1v) is 10.9. The van der Waals surface area contributed by atoms with Crippen LogP contribution in [0, 0.1) is 5.92 Å². The summed E-state index contributed by atoms with van der Waals surface area (Å²) in [6, 6.07) is 11.1. The molecule has 0 saturated heterocycles. The van der Waals surface area contributed by atoms with Crippen molar-refractivity contribution in [2.24, 2.45) is 5.92 Å². The minimum atomic E-state index is -0.302. The largest absolute Gasteiger partial charge is 0.486 e. The van der Waals surface area contributed by atoms with Gasteiger partial charge in [0.25, 0.3) is 5.91 Å². The summed E-state index contributed by atoms with van der Waals surface area (Å²) in [5.74, 6) is 1.99. The molecule has 1 aliphatic heterocycles. The molecule has 1 aromatic carbocycles. The van der Waals surface area contributed by atoms with Crippen LogP contribution in [0.25, 0.3) is 16.2 Å². The minimum absolute atomic E-state index is 0.118. The maximum atomic E-state index is 13.0. The van der Waals surface area contributed by atoms with Crippen molar-refractivity contribution in [2.75, 3.05) is 13.2 Å². The van der Waals surface area contributed by atoms with Crippen molar-refractivity contribution in [3.8, 4) is 22.1 Å². The highest BCUT2D eigenvalue weighted by molar-refractivity contribution is 7.13. The molecule has 31 heavy (non-hydrogen) atoms. The second-order valence-corrected chi connectivity index (χ2v) is 8.44. The van der Waals surface area contributed by atoms with E-state index < -0.39 is 0 Å². The van der Waals surface area contributed by atoms with E-state index in [1.54, 1.807) is 5.38 Å². The third-order valence-electron chi connectivity index (χ3n) is 5.10. The predicted octanol–water partition coefficient (Wildman–Crippen LogP) is 3.75. The van der Waals surface area contributed by atoms with E-state index in [2.05, 4.69) is 20.5 Å². The number of nitrogens with one attached hydrogen (secondary N) is 1. The molecule has 1 atom stereocenters. The number of fused-ring (bicyclic) bond motifs is 2. The van der Waals surface area contributed by atoms with Gasteiger partial charge >= 0.3 is 0 Å². The molecule has 4 aromatic rings.